The number of halogens is 1. The lowest BCUT2D eigenvalue weighted by Gasteiger charge is -2.22. The van der Waals surface area contributed by atoms with Gasteiger partial charge in [0.2, 0.25) is 0 Å². The number of hydrogen-bond donors (Lipinski definition) is 2. The van der Waals surface area contributed by atoms with Crippen LogP contribution in [0.3, 0.4) is 0 Å². The van der Waals surface area contributed by atoms with Gasteiger partial charge in [0, 0.05) is 11.8 Å². The number of thioether (sulfide) groups is 1. The molecule has 0 radical (unpaired) electrons. The van der Waals surface area contributed by atoms with Crippen molar-refractivity contribution in [1.82, 2.24) is 15.3 Å². The first-order valence-electron chi connectivity index (χ1n) is 8.79. The molecular formula is C19H19IN4O2S. The van der Waals surface area contributed by atoms with E-state index in [1.807, 2.05) is 34.7 Å². The molecule has 0 spiro atoms. The minimum absolute atomic E-state index is 0.165. The van der Waals surface area contributed by atoms with Gasteiger partial charge in [-0.3, -0.25) is 9.59 Å². The lowest BCUT2D eigenvalue weighted by atomic mass is 9.95. The van der Waals surface area contributed by atoms with Gasteiger partial charge in [-0.25, -0.2) is 4.98 Å². The van der Waals surface area contributed by atoms with E-state index >= 15 is 0 Å². The van der Waals surface area contributed by atoms with E-state index in [0.717, 1.165) is 31.2 Å². The molecule has 3 rings (SSSR count). The molecule has 0 bridgehead atoms. The van der Waals surface area contributed by atoms with E-state index in [9.17, 15) is 9.59 Å². The smallest absolute Gasteiger partial charge is 0.271 e. The van der Waals surface area contributed by atoms with Gasteiger partial charge >= 0.3 is 0 Å². The van der Waals surface area contributed by atoms with Crippen molar-refractivity contribution in [2.24, 2.45) is 0 Å². The minimum atomic E-state index is -0.304. The summed E-state index contributed by atoms with van der Waals surface area (Å²) in [4.78, 5) is 31.9. The van der Waals surface area contributed by atoms with Gasteiger partial charge < -0.3 is 10.3 Å². The number of aromatic amines is 1. The first-order chi connectivity index (χ1) is 13.1. The molecule has 8 heteroatoms. The van der Waals surface area contributed by atoms with Crippen LogP contribution < -0.4 is 10.9 Å². The Morgan fingerprint density at radius 1 is 1.30 bits per heavy atom. The Morgan fingerprint density at radius 3 is 2.67 bits per heavy atom. The SMILES string of the molecule is N#Cc1ccc(CSc2nc(C(=O)NC3CCCCC3)c(I)c(=O)[nH]2)cc1. The van der Waals surface area contributed by atoms with Gasteiger partial charge in [-0.2, -0.15) is 5.26 Å². The standard InChI is InChI=1S/C19H19IN4O2S/c20-15-16(18(26)22-14-4-2-1-3-5-14)23-19(24-17(15)25)27-11-13-8-6-12(10-21)7-9-13/h6-9,14H,1-5,11H2,(H,22,26)(H,23,24,25). The van der Waals surface area contributed by atoms with Crippen LogP contribution >= 0.6 is 34.4 Å². The van der Waals surface area contributed by atoms with Gasteiger partial charge in [-0.05, 0) is 53.1 Å². The number of carbonyl (C=O) groups is 1. The summed E-state index contributed by atoms with van der Waals surface area (Å²) in [5.41, 5.74) is 1.49. The molecule has 27 heavy (non-hydrogen) atoms. The number of benzene rings is 1. The number of carbonyl (C=O) groups excluding carboxylic acids is 1. The van der Waals surface area contributed by atoms with Crippen molar-refractivity contribution in [3.63, 3.8) is 0 Å². The van der Waals surface area contributed by atoms with Crippen LogP contribution in [-0.4, -0.2) is 21.9 Å². The van der Waals surface area contributed by atoms with E-state index in [1.54, 1.807) is 12.1 Å². The highest BCUT2D eigenvalue weighted by Crippen LogP contribution is 2.21. The number of nitrogens with zero attached hydrogens (tertiary/aromatic N) is 2. The zero-order chi connectivity index (χ0) is 19.2. The molecule has 1 aromatic carbocycles. The van der Waals surface area contributed by atoms with Crippen LogP contribution in [0.2, 0.25) is 0 Å². The predicted octanol–water partition coefficient (Wildman–Crippen LogP) is 3.60. The number of nitrogens with one attached hydrogen (secondary N) is 2. The van der Waals surface area contributed by atoms with Gasteiger partial charge in [-0.15, -0.1) is 0 Å². The molecule has 2 aromatic rings. The van der Waals surface area contributed by atoms with Gasteiger partial charge in [0.05, 0.1) is 11.6 Å². The summed E-state index contributed by atoms with van der Waals surface area (Å²) in [6.07, 6.45) is 5.41. The lowest BCUT2D eigenvalue weighted by Crippen LogP contribution is -2.38. The second-order valence-corrected chi connectivity index (χ2v) is 8.48. The topological polar surface area (TPSA) is 98.6 Å². The monoisotopic (exact) mass is 494 g/mol. The maximum absolute atomic E-state index is 12.6. The van der Waals surface area contributed by atoms with Crippen molar-refractivity contribution in [2.45, 2.75) is 49.1 Å². The van der Waals surface area contributed by atoms with E-state index in [0.29, 0.717) is 20.0 Å². The summed E-state index contributed by atoms with van der Waals surface area (Å²) in [5.74, 6) is 0.302. The largest absolute Gasteiger partial charge is 0.348 e. The van der Waals surface area contributed by atoms with E-state index in [2.05, 4.69) is 21.4 Å². The maximum atomic E-state index is 12.6. The van der Waals surface area contributed by atoms with Gasteiger partial charge in [0.1, 0.15) is 9.26 Å². The summed E-state index contributed by atoms with van der Waals surface area (Å²) in [5, 5.41) is 12.3. The number of H-pyrrole nitrogens is 1. The molecule has 0 atom stereocenters. The molecule has 1 heterocycles. The molecule has 1 fully saturated rings. The molecular weight excluding hydrogens is 475 g/mol. The Kier molecular flexibility index (Phi) is 6.90. The quantitative estimate of drug-likeness (QED) is 0.376. The van der Waals surface area contributed by atoms with Crippen LogP contribution in [0.4, 0.5) is 0 Å². The Labute approximate surface area is 175 Å². The number of hydrogen-bond acceptors (Lipinski definition) is 5. The van der Waals surface area contributed by atoms with Crippen LogP contribution in [0.1, 0.15) is 53.7 Å². The highest BCUT2D eigenvalue weighted by Gasteiger charge is 2.21. The molecule has 1 aliphatic rings. The van der Waals surface area contributed by atoms with Crippen LogP contribution in [0.5, 0.6) is 0 Å². The van der Waals surface area contributed by atoms with Gasteiger partial charge in [0.15, 0.2) is 5.16 Å². The fourth-order valence-corrected chi connectivity index (χ4v) is 4.30. The normalized spacial score (nSPS) is 14.5. The zero-order valence-corrected chi connectivity index (χ0v) is 17.6. The third-order valence-electron chi connectivity index (χ3n) is 4.46. The second kappa shape index (κ2) is 9.37. The van der Waals surface area contributed by atoms with Gasteiger partial charge in [0.25, 0.3) is 11.5 Å². The molecule has 1 saturated carbocycles. The van der Waals surface area contributed by atoms with Crippen LogP contribution in [0, 0.1) is 14.9 Å². The maximum Gasteiger partial charge on any atom is 0.271 e. The first kappa shape index (κ1) is 19.9. The molecule has 140 valence electrons. The first-order valence-corrected chi connectivity index (χ1v) is 10.9. The number of rotatable bonds is 5. The molecule has 1 amide bonds. The number of aromatic nitrogens is 2. The van der Waals surface area contributed by atoms with Gasteiger partial charge in [-0.1, -0.05) is 43.2 Å². The minimum Gasteiger partial charge on any atom is -0.348 e. The highest BCUT2D eigenvalue weighted by atomic mass is 127. The molecule has 0 unspecified atom stereocenters. The van der Waals surface area contributed by atoms with Crippen molar-refractivity contribution < 1.29 is 4.79 Å². The molecule has 1 aromatic heterocycles. The average molecular weight is 494 g/mol. The molecule has 1 aliphatic carbocycles. The average Bonchev–Trinajstić information content (AvgIpc) is 2.69. The van der Waals surface area contributed by atoms with Crippen molar-refractivity contribution in [1.29, 1.82) is 5.26 Å². The van der Waals surface area contributed by atoms with Crippen molar-refractivity contribution in [3.8, 4) is 6.07 Å². The summed E-state index contributed by atoms with van der Waals surface area (Å²) < 4.78 is 0.309. The predicted molar refractivity (Wildman–Crippen MR) is 113 cm³/mol. The molecule has 0 saturated heterocycles. The third kappa shape index (κ3) is 5.32. The van der Waals surface area contributed by atoms with E-state index in [4.69, 9.17) is 5.26 Å². The Hall–Kier alpha value is -1.86. The van der Waals surface area contributed by atoms with Crippen LogP contribution in [-0.2, 0) is 5.75 Å². The Morgan fingerprint density at radius 2 is 2.00 bits per heavy atom. The zero-order valence-electron chi connectivity index (χ0n) is 14.6. The van der Waals surface area contributed by atoms with Crippen molar-refractivity contribution in [2.75, 3.05) is 0 Å². The molecule has 2 N–H and O–H groups in total. The summed E-state index contributed by atoms with van der Waals surface area (Å²) >= 11 is 3.23. The van der Waals surface area contributed by atoms with Crippen molar-refractivity contribution in [3.05, 3.63) is 55.0 Å². The Bertz CT molecular complexity index is 915. The molecule has 0 aliphatic heterocycles. The Balaban J connectivity index is 1.71. The third-order valence-corrected chi connectivity index (χ3v) is 6.40. The van der Waals surface area contributed by atoms with E-state index < -0.39 is 0 Å². The summed E-state index contributed by atoms with van der Waals surface area (Å²) in [6.45, 7) is 0. The lowest BCUT2D eigenvalue weighted by molar-refractivity contribution is 0.0920. The number of amides is 1. The summed E-state index contributed by atoms with van der Waals surface area (Å²) in [6, 6.07) is 9.49. The van der Waals surface area contributed by atoms with Crippen LogP contribution in [0.15, 0.2) is 34.2 Å². The highest BCUT2D eigenvalue weighted by molar-refractivity contribution is 14.1. The number of nitriles is 1. The fraction of sp³-hybridized carbons (Fsp3) is 0.368. The molecule has 6 nitrogen and oxygen atoms in total. The van der Waals surface area contributed by atoms with E-state index in [-0.39, 0.29) is 23.2 Å². The van der Waals surface area contributed by atoms with Crippen molar-refractivity contribution >= 4 is 40.3 Å². The second-order valence-electron chi connectivity index (χ2n) is 6.44. The van der Waals surface area contributed by atoms with E-state index in [1.165, 1.54) is 18.2 Å². The summed E-state index contributed by atoms with van der Waals surface area (Å²) in [7, 11) is 0. The van der Waals surface area contributed by atoms with Crippen LogP contribution in [0.25, 0.3) is 0 Å². The fourth-order valence-electron chi connectivity index (χ4n) is 2.98.